The Balaban J connectivity index is 2.26. The van der Waals surface area contributed by atoms with Crippen LogP contribution in [0.4, 0.5) is 0 Å². The smallest absolute Gasteiger partial charge is 0.138 e. The van der Waals surface area contributed by atoms with Crippen LogP contribution >= 0.6 is 39.1 Å². The lowest BCUT2D eigenvalue weighted by Crippen LogP contribution is -1.91. The lowest BCUT2D eigenvalue weighted by atomic mass is 10.1. The maximum absolute atomic E-state index is 6.32. The van der Waals surface area contributed by atoms with Crippen molar-refractivity contribution in [1.29, 1.82) is 0 Å². The van der Waals surface area contributed by atoms with Crippen LogP contribution in [0.1, 0.15) is 0 Å². The van der Waals surface area contributed by atoms with E-state index in [1.54, 1.807) is 19.2 Å². The number of imidazole rings is 1. The third-order valence-electron chi connectivity index (χ3n) is 3.00. The molecule has 2 aromatic heterocycles. The molecule has 0 aliphatic carbocycles. The standard InChI is InChI=1S/C14H9BrCl2N2O/c1-20-10-3-2-9(16)14(17)13(10)8-4-5-19-7-11(15)18-12(19)6-8/h2-7H,1H3. The molecule has 0 spiro atoms. The lowest BCUT2D eigenvalue weighted by molar-refractivity contribution is 0.416. The molecule has 0 saturated carbocycles. The average molecular weight is 372 g/mol. The minimum absolute atomic E-state index is 0.473. The molecule has 0 aliphatic rings. The van der Waals surface area contributed by atoms with Crippen molar-refractivity contribution in [3.05, 3.63) is 51.3 Å². The van der Waals surface area contributed by atoms with E-state index in [-0.39, 0.29) is 0 Å². The predicted octanol–water partition coefficient (Wildman–Crippen LogP) is 5.08. The molecule has 0 saturated heterocycles. The molecule has 0 fully saturated rings. The molecular formula is C14H9BrCl2N2O. The zero-order valence-corrected chi connectivity index (χ0v) is 13.5. The molecule has 0 atom stereocenters. The molecule has 1 aromatic carbocycles. The molecule has 0 radical (unpaired) electrons. The molecule has 0 N–H and O–H groups in total. The highest BCUT2D eigenvalue weighted by molar-refractivity contribution is 9.10. The summed E-state index contributed by atoms with van der Waals surface area (Å²) in [5.74, 6) is 0.675. The van der Waals surface area contributed by atoms with Gasteiger partial charge in [0, 0.05) is 18.0 Å². The normalized spacial score (nSPS) is 11.0. The minimum Gasteiger partial charge on any atom is -0.496 e. The Hall–Kier alpha value is -1.23. The van der Waals surface area contributed by atoms with Crippen LogP contribution in [-0.2, 0) is 0 Å². The van der Waals surface area contributed by atoms with Gasteiger partial charge >= 0.3 is 0 Å². The number of hydrogen-bond donors (Lipinski definition) is 0. The molecular weight excluding hydrogens is 363 g/mol. The summed E-state index contributed by atoms with van der Waals surface area (Å²) in [6.07, 6.45) is 3.80. The Labute approximate surface area is 134 Å². The van der Waals surface area contributed by atoms with Crippen molar-refractivity contribution in [1.82, 2.24) is 9.38 Å². The second-order valence-corrected chi connectivity index (χ2v) is 5.78. The maximum Gasteiger partial charge on any atom is 0.138 e. The molecule has 3 nitrogen and oxygen atoms in total. The van der Waals surface area contributed by atoms with Gasteiger partial charge in [0.25, 0.3) is 0 Å². The Morgan fingerprint density at radius 2 is 2.05 bits per heavy atom. The molecule has 3 aromatic rings. The van der Waals surface area contributed by atoms with Crippen LogP contribution in [0.3, 0.4) is 0 Å². The number of hydrogen-bond acceptors (Lipinski definition) is 2. The van der Waals surface area contributed by atoms with Crippen molar-refractivity contribution in [2.45, 2.75) is 0 Å². The summed E-state index contributed by atoms with van der Waals surface area (Å²) in [4.78, 5) is 4.37. The van der Waals surface area contributed by atoms with Crippen molar-refractivity contribution in [2.75, 3.05) is 7.11 Å². The Bertz CT molecular complexity index is 801. The monoisotopic (exact) mass is 370 g/mol. The van der Waals surface area contributed by atoms with Crippen molar-refractivity contribution < 1.29 is 4.74 Å². The van der Waals surface area contributed by atoms with E-state index in [2.05, 4.69) is 20.9 Å². The molecule has 0 amide bonds. The number of nitrogens with zero attached hydrogens (tertiary/aromatic N) is 2. The van der Waals surface area contributed by atoms with Crippen molar-refractivity contribution in [2.24, 2.45) is 0 Å². The molecule has 102 valence electrons. The summed E-state index contributed by atoms with van der Waals surface area (Å²) < 4.78 is 8.07. The van der Waals surface area contributed by atoms with Gasteiger partial charge in [-0.15, -0.1) is 0 Å². The maximum atomic E-state index is 6.32. The first-order chi connectivity index (χ1) is 9.60. The van der Waals surface area contributed by atoms with E-state index in [4.69, 9.17) is 27.9 Å². The van der Waals surface area contributed by atoms with Crippen LogP contribution in [-0.4, -0.2) is 16.5 Å². The molecule has 20 heavy (non-hydrogen) atoms. The molecule has 6 heteroatoms. The van der Waals surface area contributed by atoms with E-state index in [1.807, 2.05) is 28.9 Å². The van der Waals surface area contributed by atoms with E-state index in [0.717, 1.165) is 21.4 Å². The second kappa shape index (κ2) is 5.28. The third-order valence-corrected chi connectivity index (χ3v) is 4.18. The van der Waals surface area contributed by atoms with Gasteiger partial charge in [0.2, 0.25) is 0 Å². The number of methoxy groups -OCH3 is 1. The molecule has 0 unspecified atom stereocenters. The number of benzene rings is 1. The highest BCUT2D eigenvalue weighted by atomic mass is 79.9. The molecule has 0 bridgehead atoms. The summed E-state index contributed by atoms with van der Waals surface area (Å²) in [6, 6.07) is 7.40. The van der Waals surface area contributed by atoms with Gasteiger partial charge in [-0.05, 0) is 45.8 Å². The first-order valence-electron chi connectivity index (χ1n) is 5.77. The second-order valence-electron chi connectivity index (χ2n) is 4.18. The summed E-state index contributed by atoms with van der Waals surface area (Å²) in [7, 11) is 1.60. The van der Waals surface area contributed by atoms with E-state index >= 15 is 0 Å². The highest BCUT2D eigenvalue weighted by Gasteiger charge is 2.14. The predicted molar refractivity (Wildman–Crippen MR) is 84.9 cm³/mol. The highest BCUT2D eigenvalue weighted by Crippen LogP contribution is 2.40. The van der Waals surface area contributed by atoms with E-state index in [9.17, 15) is 0 Å². The van der Waals surface area contributed by atoms with Crippen LogP contribution < -0.4 is 4.74 Å². The van der Waals surface area contributed by atoms with E-state index in [0.29, 0.717) is 15.8 Å². The summed E-state index contributed by atoms with van der Waals surface area (Å²) >= 11 is 15.8. The first kappa shape index (κ1) is 13.7. The fraction of sp³-hybridized carbons (Fsp3) is 0.0714. The van der Waals surface area contributed by atoms with Gasteiger partial charge in [-0.1, -0.05) is 23.2 Å². The zero-order valence-electron chi connectivity index (χ0n) is 10.4. The molecule has 2 heterocycles. The number of halogens is 3. The number of fused-ring (bicyclic) bond motifs is 1. The van der Waals surface area contributed by atoms with Crippen LogP contribution in [0.2, 0.25) is 10.0 Å². The minimum atomic E-state index is 0.473. The quantitative estimate of drug-likeness (QED) is 0.627. The number of ether oxygens (including phenoxy) is 1. The van der Waals surface area contributed by atoms with Crippen LogP contribution in [0.15, 0.2) is 41.3 Å². The fourth-order valence-electron chi connectivity index (χ4n) is 2.08. The third kappa shape index (κ3) is 2.28. The lowest BCUT2D eigenvalue weighted by Gasteiger charge is -2.12. The largest absolute Gasteiger partial charge is 0.496 e. The van der Waals surface area contributed by atoms with Gasteiger partial charge in [-0.2, -0.15) is 0 Å². The van der Waals surface area contributed by atoms with Gasteiger partial charge in [0.05, 0.1) is 17.2 Å². The summed E-state index contributed by atoms with van der Waals surface area (Å²) in [5, 5.41) is 0.966. The van der Waals surface area contributed by atoms with E-state index in [1.165, 1.54) is 0 Å². The van der Waals surface area contributed by atoms with E-state index < -0.39 is 0 Å². The topological polar surface area (TPSA) is 26.5 Å². The van der Waals surface area contributed by atoms with Gasteiger partial charge in [0.1, 0.15) is 16.0 Å². The Kier molecular flexibility index (Phi) is 3.63. The number of rotatable bonds is 2. The van der Waals surface area contributed by atoms with Gasteiger partial charge in [-0.25, -0.2) is 4.98 Å². The Morgan fingerprint density at radius 1 is 1.25 bits per heavy atom. The van der Waals surface area contributed by atoms with Gasteiger partial charge < -0.3 is 9.14 Å². The Morgan fingerprint density at radius 3 is 2.80 bits per heavy atom. The number of aromatic nitrogens is 2. The van der Waals surface area contributed by atoms with Crippen molar-refractivity contribution in [3.63, 3.8) is 0 Å². The SMILES string of the molecule is COc1ccc(Cl)c(Cl)c1-c1ccn2cc(Br)nc2c1. The first-order valence-corrected chi connectivity index (χ1v) is 7.31. The van der Waals surface area contributed by atoms with Crippen LogP contribution in [0.25, 0.3) is 16.8 Å². The molecule has 3 rings (SSSR count). The van der Waals surface area contributed by atoms with Gasteiger partial charge in [0.15, 0.2) is 0 Å². The molecule has 0 aliphatic heterocycles. The van der Waals surface area contributed by atoms with Crippen molar-refractivity contribution in [3.8, 4) is 16.9 Å². The summed E-state index contributed by atoms with van der Waals surface area (Å²) in [5.41, 5.74) is 2.48. The van der Waals surface area contributed by atoms with Crippen LogP contribution in [0.5, 0.6) is 5.75 Å². The fourth-order valence-corrected chi connectivity index (χ4v) is 2.90. The summed E-state index contributed by atoms with van der Waals surface area (Å²) in [6.45, 7) is 0. The average Bonchev–Trinajstić information content (AvgIpc) is 2.80. The van der Waals surface area contributed by atoms with Gasteiger partial charge in [-0.3, -0.25) is 0 Å². The van der Waals surface area contributed by atoms with Crippen molar-refractivity contribution >= 4 is 44.8 Å². The zero-order chi connectivity index (χ0) is 14.3. The van der Waals surface area contributed by atoms with Crippen LogP contribution in [0, 0.1) is 0 Å². The number of pyridine rings is 1.